The van der Waals surface area contributed by atoms with Crippen LogP contribution in [0, 0.1) is 13.8 Å². The highest BCUT2D eigenvalue weighted by Gasteiger charge is 2.21. The second-order valence-corrected chi connectivity index (χ2v) is 6.83. The topological polar surface area (TPSA) is 96.2 Å². The number of carbonyl (C=O) groups is 1. The third-order valence-electron chi connectivity index (χ3n) is 4.58. The second-order valence-electron chi connectivity index (χ2n) is 6.83. The number of rotatable bonds is 5. The standard InChI is InChI=1S/C20H20N4O4/c1-11(2)24-19-15(9-21-24)14(8-17(22-19)18-6-5-7-26-18)20(25)27-10-16-12(3)23-28-13(16)4/h5-9,11H,10H2,1-4H3. The molecule has 0 saturated carbocycles. The average Bonchev–Trinajstić information content (AvgIpc) is 3.40. The Bertz CT molecular complexity index is 1120. The SMILES string of the molecule is Cc1noc(C)c1COC(=O)c1cc(-c2ccco2)nc2c1cnn2C(C)C. The van der Waals surface area contributed by atoms with E-state index in [0.717, 1.165) is 5.56 Å². The zero-order chi connectivity index (χ0) is 19.8. The Morgan fingerprint density at radius 2 is 2.14 bits per heavy atom. The highest BCUT2D eigenvalue weighted by atomic mass is 16.5. The van der Waals surface area contributed by atoms with Gasteiger partial charge in [-0.2, -0.15) is 5.10 Å². The monoisotopic (exact) mass is 380 g/mol. The van der Waals surface area contributed by atoms with E-state index in [1.165, 1.54) is 0 Å². The molecule has 4 aromatic rings. The third kappa shape index (κ3) is 3.06. The Kier molecular flexibility index (Phi) is 4.46. The lowest BCUT2D eigenvalue weighted by atomic mass is 10.1. The van der Waals surface area contributed by atoms with E-state index in [1.807, 2.05) is 20.8 Å². The summed E-state index contributed by atoms with van der Waals surface area (Å²) in [5.41, 5.74) is 3.00. The highest BCUT2D eigenvalue weighted by molar-refractivity contribution is 6.03. The van der Waals surface area contributed by atoms with Gasteiger partial charge in [-0.3, -0.25) is 0 Å². The van der Waals surface area contributed by atoms with Gasteiger partial charge in [0.2, 0.25) is 0 Å². The summed E-state index contributed by atoms with van der Waals surface area (Å²) in [4.78, 5) is 17.6. The third-order valence-corrected chi connectivity index (χ3v) is 4.58. The van der Waals surface area contributed by atoms with E-state index >= 15 is 0 Å². The van der Waals surface area contributed by atoms with Crippen molar-refractivity contribution in [3.05, 3.63) is 53.2 Å². The molecule has 8 heteroatoms. The minimum absolute atomic E-state index is 0.0816. The minimum Gasteiger partial charge on any atom is -0.463 e. The maximum Gasteiger partial charge on any atom is 0.339 e. The van der Waals surface area contributed by atoms with Crippen LogP contribution in [0.5, 0.6) is 0 Å². The van der Waals surface area contributed by atoms with Crippen molar-refractivity contribution >= 4 is 17.0 Å². The second kappa shape index (κ2) is 6.95. The number of hydrogen-bond acceptors (Lipinski definition) is 7. The molecule has 0 radical (unpaired) electrons. The number of nitrogens with zero attached hydrogens (tertiary/aromatic N) is 4. The lowest BCUT2D eigenvalue weighted by Gasteiger charge is -2.10. The molecule has 28 heavy (non-hydrogen) atoms. The molecule has 0 aliphatic carbocycles. The van der Waals surface area contributed by atoms with Crippen LogP contribution in [0.4, 0.5) is 0 Å². The first-order valence-corrected chi connectivity index (χ1v) is 8.96. The van der Waals surface area contributed by atoms with E-state index in [2.05, 4.69) is 15.2 Å². The van der Waals surface area contributed by atoms with Gasteiger partial charge in [-0.1, -0.05) is 5.16 Å². The predicted molar refractivity (Wildman–Crippen MR) is 101 cm³/mol. The van der Waals surface area contributed by atoms with E-state index in [0.29, 0.717) is 39.5 Å². The van der Waals surface area contributed by atoms with Gasteiger partial charge in [-0.05, 0) is 45.9 Å². The zero-order valence-corrected chi connectivity index (χ0v) is 16.1. The molecule has 0 fully saturated rings. The van der Waals surface area contributed by atoms with Crippen LogP contribution in [-0.4, -0.2) is 25.9 Å². The molecule has 4 heterocycles. The number of hydrogen-bond donors (Lipinski definition) is 0. The number of aromatic nitrogens is 4. The summed E-state index contributed by atoms with van der Waals surface area (Å²) in [6.07, 6.45) is 3.21. The summed E-state index contributed by atoms with van der Waals surface area (Å²) in [6.45, 7) is 7.69. The number of esters is 1. The van der Waals surface area contributed by atoms with Crippen molar-refractivity contribution in [2.24, 2.45) is 0 Å². The van der Waals surface area contributed by atoms with Gasteiger partial charge < -0.3 is 13.7 Å². The fourth-order valence-corrected chi connectivity index (χ4v) is 3.04. The first kappa shape index (κ1) is 18.0. The number of pyridine rings is 1. The molecule has 0 N–H and O–H groups in total. The van der Waals surface area contributed by atoms with Crippen LogP contribution in [0.2, 0.25) is 0 Å². The lowest BCUT2D eigenvalue weighted by molar-refractivity contribution is 0.0473. The molecule has 0 bridgehead atoms. The van der Waals surface area contributed by atoms with Crippen molar-refractivity contribution in [2.75, 3.05) is 0 Å². The van der Waals surface area contributed by atoms with E-state index in [1.54, 1.807) is 42.3 Å². The quantitative estimate of drug-likeness (QED) is 0.478. The Morgan fingerprint density at radius 3 is 2.79 bits per heavy atom. The lowest BCUT2D eigenvalue weighted by Crippen LogP contribution is -2.09. The molecular weight excluding hydrogens is 360 g/mol. The van der Waals surface area contributed by atoms with E-state index in [-0.39, 0.29) is 12.6 Å². The van der Waals surface area contributed by atoms with Crippen molar-refractivity contribution in [1.82, 2.24) is 19.9 Å². The van der Waals surface area contributed by atoms with Gasteiger partial charge in [-0.25, -0.2) is 14.5 Å². The van der Waals surface area contributed by atoms with Crippen LogP contribution in [0.25, 0.3) is 22.5 Å². The molecule has 4 rings (SSSR count). The Hall–Kier alpha value is -3.42. The Balaban J connectivity index is 1.75. The molecule has 0 unspecified atom stereocenters. The number of fused-ring (bicyclic) bond motifs is 1. The molecule has 8 nitrogen and oxygen atoms in total. The van der Waals surface area contributed by atoms with Gasteiger partial charge >= 0.3 is 5.97 Å². The summed E-state index contributed by atoms with van der Waals surface area (Å²) in [6, 6.07) is 5.33. The average molecular weight is 380 g/mol. The summed E-state index contributed by atoms with van der Waals surface area (Å²) in [7, 11) is 0. The van der Waals surface area contributed by atoms with Crippen molar-refractivity contribution in [2.45, 2.75) is 40.3 Å². The van der Waals surface area contributed by atoms with Crippen LogP contribution in [-0.2, 0) is 11.3 Å². The Morgan fingerprint density at radius 1 is 1.32 bits per heavy atom. The molecule has 0 saturated heterocycles. The fraction of sp³-hybridized carbons (Fsp3) is 0.300. The predicted octanol–water partition coefficient (Wildman–Crippen LogP) is 4.23. The van der Waals surface area contributed by atoms with Crippen molar-refractivity contribution < 1.29 is 18.5 Å². The van der Waals surface area contributed by atoms with Gasteiger partial charge in [0.25, 0.3) is 0 Å². The van der Waals surface area contributed by atoms with Crippen LogP contribution in [0.15, 0.2) is 39.6 Å². The van der Waals surface area contributed by atoms with Gasteiger partial charge in [0.05, 0.1) is 34.7 Å². The van der Waals surface area contributed by atoms with Crippen molar-refractivity contribution in [3.63, 3.8) is 0 Å². The first-order valence-electron chi connectivity index (χ1n) is 8.96. The molecule has 0 spiro atoms. The smallest absolute Gasteiger partial charge is 0.339 e. The molecular formula is C20H20N4O4. The summed E-state index contributed by atoms with van der Waals surface area (Å²) in [5.74, 6) is 0.732. The summed E-state index contributed by atoms with van der Waals surface area (Å²) >= 11 is 0. The number of ether oxygens (including phenoxy) is 1. The number of carbonyl (C=O) groups excluding carboxylic acids is 1. The van der Waals surface area contributed by atoms with Crippen LogP contribution < -0.4 is 0 Å². The summed E-state index contributed by atoms with van der Waals surface area (Å²) < 4.78 is 17.9. The van der Waals surface area contributed by atoms with E-state index < -0.39 is 5.97 Å². The van der Waals surface area contributed by atoms with Crippen LogP contribution >= 0.6 is 0 Å². The van der Waals surface area contributed by atoms with Gasteiger partial charge in [0.15, 0.2) is 11.4 Å². The molecule has 0 aliphatic rings. The zero-order valence-electron chi connectivity index (χ0n) is 16.1. The minimum atomic E-state index is -0.469. The fourth-order valence-electron chi connectivity index (χ4n) is 3.04. The van der Waals surface area contributed by atoms with Gasteiger partial charge in [0.1, 0.15) is 18.1 Å². The van der Waals surface area contributed by atoms with Crippen LogP contribution in [0.1, 0.15) is 47.3 Å². The normalized spacial score (nSPS) is 11.5. The molecule has 0 amide bonds. The van der Waals surface area contributed by atoms with Crippen molar-refractivity contribution in [1.29, 1.82) is 0 Å². The Labute approximate surface area is 161 Å². The van der Waals surface area contributed by atoms with Gasteiger partial charge in [0, 0.05) is 6.04 Å². The highest BCUT2D eigenvalue weighted by Crippen LogP contribution is 2.27. The number of furan rings is 1. The van der Waals surface area contributed by atoms with E-state index in [4.69, 9.17) is 13.7 Å². The molecule has 0 aliphatic heterocycles. The van der Waals surface area contributed by atoms with Crippen molar-refractivity contribution in [3.8, 4) is 11.5 Å². The summed E-state index contributed by atoms with van der Waals surface area (Å²) in [5, 5.41) is 8.91. The largest absolute Gasteiger partial charge is 0.463 e. The van der Waals surface area contributed by atoms with Gasteiger partial charge in [-0.15, -0.1) is 0 Å². The van der Waals surface area contributed by atoms with E-state index in [9.17, 15) is 4.79 Å². The molecule has 0 aromatic carbocycles. The maximum atomic E-state index is 12.9. The van der Waals surface area contributed by atoms with Crippen LogP contribution in [0.3, 0.4) is 0 Å². The molecule has 0 atom stereocenters. The maximum absolute atomic E-state index is 12.9. The number of aryl methyl sites for hydroxylation is 2. The molecule has 144 valence electrons. The first-order chi connectivity index (χ1) is 13.5. The molecule has 4 aromatic heterocycles.